The molecule has 1 atom stereocenters. The molecule has 0 spiro atoms. The van der Waals surface area contributed by atoms with E-state index < -0.39 is 17.8 Å². The summed E-state index contributed by atoms with van der Waals surface area (Å²) in [6.07, 6.45) is -0.948. The molecule has 3 N–H and O–H groups in total. The molecular formula is C15H16F3N5O. The fourth-order valence-electron chi connectivity index (χ4n) is 2.69. The van der Waals surface area contributed by atoms with Gasteiger partial charge in [0.2, 0.25) is 0 Å². The van der Waals surface area contributed by atoms with E-state index in [1.165, 1.54) is 0 Å². The Morgan fingerprint density at radius 1 is 1.33 bits per heavy atom. The van der Waals surface area contributed by atoms with Crippen molar-refractivity contribution in [3.05, 3.63) is 47.0 Å². The Morgan fingerprint density at radius 3 is 2.79 bits per heavy atom. The number of pyridine rings is 1. The molecule has 0 radical (unpaired) electrons. The molecule has 1 aliphatic rings. The van der Waals surface area contributed by atoms with Gasteiger partial charge in [-0.2, -0.15) is 18.3 Å². The van der Waals surface area contributed by atoms with E-state index in [4.69, 9.17) is 0 Å². The van der Waals surface area contributed by atoms with Crippen LogP contribution in [0.4, 0.5) is 13.2 Å². The lowest BCUT2D eigenvalue weighted by molar-refractivity contribution is -0.141. The van der Waals surface area contributed by atoms with Crippen LogP contribution in [0.2, 0.25) is 0 Å². The summed E-state index contributed by atoms with van der Waals surface area (Å²) in [6, 6.07) is 1.91. The fraction of sp³-hybridized carbons (Fsp3) is 0.400. The normalized spacial score (nSPS) is 17.9. The van der Waals surface area contributed by atoms with Crippen LogP contribution in [0, 0.1) is 0 Å². The van der Waals surface area contributed by atoms with Gasteiger partial charge < -0.3 is 10.6 Å². The Hall–Kier alpha value is -2.42. The molecule has 0 aromatic carbocycles. The molecular weight excluding hydrogens is 323 g/mol. The number of hydrogen-bond donors (Lipinski definition) is 3. The van der Waals surface area contributed by atoms with Crippen molar-refractivity contribution in [2.45, 2.75) is 25.1 Å². The topological polar surface area (TPSA) is 82.7 Å². The molecule has 2 aromatic rings. The molecule has 0 aliphatic carbocycles. The maximum absolute atomic E-state index is 12.5. The van der Waals surface area contributed by atoms with Crippen molar-refractivity contribution in [1.29, 1.82) is 0 Å². The minimum absolute atomic E-state index is 0.0792. The van der Waals surface area contributed by atoms with Crippen LogP contribution in [0.25, 0.3) is 0 Å². The average Bonchev–Trinajstić information content (AvgIpc) is 3.22. The van der Waals surface area contributed by atoms with Crippen molar-refractivity contribution >= 4 is 5.91 Å². The van der Waals surface area contributed by atoms with Crippen molar-refractivity contribution in [1.82, 2.24) is 25.8 Å². The number of nitrogens with zero attached hydrogens (tertiary/aromatic N) is 2. The van der Waals surface area contributed by atoms with Crippen LogP contribution in [-0.4, -0.2) is 34.2 Å². The van der Waals surface area contributed by atoms with Crippen LogP contribution in [-0.2, 0) is 12.7 Å². The molecule has 0 bridgehead atoms. The first-order valence-electron chi connectivity index (χ1n) is 7.49. The molecule has 0 saturated carbocycles. The second-order valence-corrected chi connectivity index (χ2v) is 5.61. The van der Waals surface area contributed by atoms with Crippen LogP contribution < -0.4 is 10.6 Å². The molecule has 3 heterocycles. The summed E-state index contributed by atoms with van der Waals surface area (Å²) in [5.74, 6) is -0.153. The Kier molecular flexibility index (Phi) is 4.52. The molecule has 24 heavy (non-hydrogen) atoms. The number of carbonyl (C=O) groups is 1. The Balaban J connectivity index is 1.63. The molecule has 1 aliphatic heterocycles. The van der Waals surface area contributed by atoms with Gasteiger partial charge in [-0.05, 0) is 25.1 Å². The third-order valence-corrected chi connectivity index (χ3v) is 3.98. The Labute approximate surface area is 135 Å². The molecule has 128 valence electrons. The van der Waals surface area contributed by atoms with Gasteiger partial charge in [0.25, 0.3) is 5.91 Å². The number of amides is 1. The predicted octanol–water partition coefficient (Wildman–Crippen LogP) is 1.83. The number of carbonyl (C=O) groups excluding carboxylic acids is 1. The standard InChI is InChI=1S/C15H16F3N5O/c16-15(17,18)12-2-1-10(6-20-12)14(24)21-7-11-8-22-23-13(11)9-3-4-19-5-9/h1-2,6,8-9,19H,3-5,7H2,(H,21,24)(H,22,23). The van der Waals surface area contributed by atoms with E-state index >= 15 is 0 Å². The van der Waals surface area contributed by atoms with Crippen molar-refractivity contribution in [2.24, 2.45) is 0 Å². The average molecular weight is 339 g/mol. The number of halogens is 3. The Morgan fingerprint density at radius 2 is 2.17 bits per heavy atom. The lowest BCUT2D eigenvalue weighted by atomic mass is 10.0. The molecule has 9 heteroatoms. The van der Waals surface area contributed by atoms with E-state index in [2.05, 4.69) is 25.8 Å². The highest BCUT2D eigenvalue weighted by molar-refractivity contribution is 5.93. The number of aromatic nitrogens is 3. The molecule has 1 unspecified atom stereocenters. The van der Waals surface area contributed by atoms with Crippen molar-refractivity contribution in [3.63, 3.8) is 0 Å². The molecule has 3 rings (SSSR count). The van der Waals surface area contributed by atoms with E-state index in [1.807, 2.05) is 0 Å². The van der Waals surface area contributed by atoms with Crippen LogP contribution in [0.1, 0.15) is 39.6 Å². The zero-order valence-corrected chi connectivity index (χ0v) is 12.7. The second kappa shape index (κ2) is 6.60. The van der Waals surface area contributed by atoms with Gasteiger partial charge >= 0.3 is 6.18 Å². The Bertz CT molecular complexity index is 705. The molecule has 1 amide bonds. The zero-order valence-electron chi connectivity index (χ0n) is 12.7. The highest BCUT2D eigenvalue weighted by atomic mass is 19.4. The SMILES string of the molecule is O=C(NCc1cn[nH]c1C1CCNC1)c1ccc(C(F)(F)F)nc1. The maximum atomic E-state index is 12.5. The summed E-state index contributed by atoms with van der Waals surface area (Å²) in [4.78, 5) is 15.3. The summed E-state index contributed by atoms with van der Waals surface area (Å²) in [5.41, 5.74) is 0.906. The van der Waals surface area contributed by atoms with Gasteiger partial charge in [-0.15, -0.1) is 0 Å². The quantitative estimate of drug-likeness (QED) is 0.794. The number of alkyl halides is 3. The molecule has 1 saturated heterocycles. The van der Waals surface area contributed by atoms with Crippen LogP contribution in [0.15, 0.2) is 24.5 Å². The van der Waals surface area contributed by atoms with E-state index in [9.17, 15) is 18.0 Å². The van der Waals surface area contributed by atoms with E-state index in [1.54, 1.807) is 6.20 Å². The van der Waals surface area contributed by atoms with Gasteiger partial charge in [-0.3, -0.25) is 14.9 Å². The highest BCUT2D eigenvalue weighted by Gasteiger charge is 2.32. The minimum Gasteiger partial charge on any atom is -0.348 e. The first-order valence-corrected chi connectivity index (χ1v) is 7.49. The van der Waals surface area contributed by atoms with Crippen LogP contribution in [0.5, 0.6) is 0 Å². The summed E-state index contributed by atoms with van der Waals surface area (Å²) in [7, 11) is 0. The third-order valence-electron chi connectivity index (χ3n) is 3.98. The predicted molar refractivity (Wildman–Crippen MR) is 79.2 cm³/mol. The first kappa shape index (κ1) is 16.4. The highest BCUT2D eigenvalue weighted by Crippen LogP contribution is 2.27. The van der Waals surface area contributed by atoms with E-state index in [0.29, 0.717) is 5.92 Å². The monoisotopic (exact) mass is 339 g/mol. The lowest BCUT2D eigenvalue weighted by Crippen LogP contribution is -2.24. The smallest absolute Gasteiger partial charge is 0.348 e. The van der Waals surface area contributed by atoms with Gasteiger partial charge in [-0.25, -0.2) is 0 Å². The number of rotatable bonds is 4. The molecule has 1 fully saturated rings. The van der Waals surface area contributed by atoms with E-state index in [-0.39, 0.29) is 12.1 Å². The largest absolute Gasteiger partial charge is 0.433 e. The number of aromatic amines is 1. The minimum atomic E-state index is -4.52. The van der Waals surface area contributed by atoms with Crippen LogP contribution >= 0.6 is 0 Å². The van der Waals surface area contributed by atoms with Gasteiger partial charge in [0.1, 0.15) is 5.69 Å². The summed E-state index contributed by atoms with van der Waals surface area (Å²) in [6.45, 7) is 2.04. The fourth-order valence-corrected chi connectivity index (χ4v) is 2.69. The van der Waals surface area contributed by atoms with Gasteiger partial charge in [0.15, 0.2) is 0 Å². The number of hydrogen-bond acceptors (Lipinski definition) is 4. The summed E-state index contributed by atoms with van der Waals surface area (Å²) < 4.78 is 37.4. The van der Waals surface area contributed by atoms with Gasteiger partial charge in [0.05, 0.1) is 11.8 Å². The van der Waals surface area contributed by atoms with Crippen molar-refractivity contribution in [2.75, 3.05) is 13.1 Å². The first-order chi connectivity index (χ1) is 11.4. The number of nitrogens with one attached hydrogen (secondary N) is 3. The maximum Gasteiger partial charge on any atom is 0.433 e. The zero-order chi connectivity index (χ0) is 17.2. The van der Waals surface area contributed by atoms with Gasteiger partial charge in [-0.1, -0.05) is 0 Å². The summed E-state index contributed by atoms with van der Waals surface area (Å²) >= 11 is 0. The third kappa shape index (κ3) is 3.56. The summed E-state index contributed by atoms with van der Waals surface area (Å²) in [5, 5.41) is 12.9. The number of H-pyrrole nitrogens is 1. The molecule has 6 nitrogen and oxygen atoms in total. The van der Waals surface area contributed by atoms with E-state index in [0.717, 1.165) is 49.1 Å². The lowest BCUT2D eigenvalue weighted by Gasteiger charge is -2.10. The second-order valence-electron chi connectivity index (χ2n) is 5.61. The molecule has 2 aromatic heterocycles. The van der Waals surface area contributed by atoms with Crippen LogP contribution in [0.3, 0.4) is 0 Å². The van der Waals surface area contributed by atoms with Crippen molar-refractivity contribution in [3.8, 4) is 0 Å². The van der Waals surface area contributed by atoms with Gasteiger partial charge in [0, 0.05) is 36.5 Å². The van der Waals surface area contributed by atoms with Crippen molar-refractivity contribution < 1.29 is 18.0 Å².